The lowest BCUT2D eigenvalue weighted by Crippen LogP contribution is -2.25. The molecule has 0 fully saturated rings. The predicted octanol–water partition coefficient (Wildman–Crippen LogP) is 1.62. The maximum absolute atomic E-state index is 11.8. The van der Waals surface area contributed by atoms with Crippen molar-refractivity contribution in [2.45, 2.75) is 32.9 Å². The maximum Gasteiger partial charge on any atom is 0.218 e. The number of nitrogens with zero attached hydrogens (tertiary/aromatic N) is 1. The molecular formula is C11H18N2O2S. The Hall–Kier alpha value is -0.940. The van der Waals surface area contributed by atoms with E-state index < -0.39 is 15.3 Å². The lowest BCUT2D eigenvalue weighted by molar-refractivity contribution is 0.577. The number of aryl methyl sites for hydroxylation is 3. The number of nitrogens with one attached hydrogen (secondary N) is 1. The third-order valence-electron chi connectivity index (χ3n) is 2.74. The summed E-state index contributed by atoms with van der Waals surface area (Å²) in [5, 5.41) is -0.578. The van der Waals surface area contributed by atoms with Crippen LogP contribution in [0.4, 0.5) is 0 Å². The zero-order valence-corrected chi connectivity index (χ0v) is 11.1. The van der Waals surface area contributed by atoms with E-state index in [0.29, 0.717) is 0 Å². The van der Waals surface area contributed by atoms with Gasteiger partial charge in [-0.05, 0) is 51.9 Å². The first-order chi connectivity index (χ1) is 7.29. The molecule has 0 amide bonds. The maximum atomic E-state index is 11.8. The largest absolute Gasteiger partial charge is 0.258 e. The topological polar surface area (TPSA) is 59.1 Å². The highest BCUT2D eigenvalue weighted by molar-refractivity contribution is 7.89. The quantitative estimate of drug-likeness (QED) is 0.876. The van der Waals surface area contributed by atoms with Crippen LogP contribution in [0.5, 0.6) is 0 Å². The first kappa shape index (κ1) is 13.1. The fourth-order valence-corrected chi connectivity index (χ4v) is 3.00. The summed E-state index contributed by atoms with van der Waals surface area (Å²) in [6.45, 7) is 7.34. The van der Waals surface area contributed by atoms with Crippen molar-refractivity contribution in [2.24, 2.45) is 0 Å². The molecule has 0 aliphatic rings. The van der Waals surface area contributed by atoms with Crippen LogP contribution in [0.2, 0.25) is 0 Å². The van der Waals surface area contributed by atoms with Gasteiger partial charge in [0.1, 0.15) is 0 Å². The summed E-state index contributed by atoms with van der Waals surface area (Å²) >= 11 is 0. The molecule has 16 heavy (non-hydrogen) atoms. The van der Waals surface area contributed by atoms with Crippen LogP contribution in [-0.2, 0) is 10.0 Å². The summed E-state index contributed by atoms with van der Waals surface area (Å²) in [6, 6.07) is 1.91. The van der Waals surface area contributed by atoms with Crippen LogP contribution in [0.1, 0.15) is 34.7 Å². The van der Waals surface area contributed by atoms with Gasteiger partial charge in [-0.3, -0.25) is 4.98 Å². The minimum absolute atomic E-state index is 0.578. The standard InChI is InChI=1S/C11H18N2O2S/c1-7-6-8(2)13-9(3)11(7)10(4)16(14,15)12-5/h6,10,12H,1-5H3. The van der Waals surface area contributed by atoms with Gasteiger partial charge in [-0.1, -0.05) is 0 Å². The van der Waals surface area contributed by atoms with Gasteiger partial charge in [-0.2, -0.15) is 0 Å². The van der Waals surface area contributed by atoms with E-state index in [2.05, 4.69) is 9.71 Å². The third kappa shape index (κ3) is 2.41. The van der Waals surface area contributed by atoms with E-state index in [0.717, 1.165) is 22.5 Å². The van der Waals surface area contributed by atoms with Gasteiger partial charge in [0.2, 0.25) is 10.0 Å². The molecule has 1 aromatic rings. The predicted molar refractivity (Wildman–Crippen MR) is 64.8 cm³/mol. The molecule has 0 spiro atoms. The third-order valence-corrected chi connectivity index (χ3v) is 4.48. The zero-order valence-electron chi connectivity index (χ0n) is 10.3. The van der Waals surface area contributed by atoms with Crippen LogP contribution in [0.3, 0.4) is 0 Å². The second kappa shape index (κ2) is 4.51. The second-order valence-corrected chi connectivity index (χ2v) is 6.18. The van der Waals surface area contributed by atoms with Crippen LogP contribution in [0, 0.1) is 20.8 Å². The molecule has 0 saturated heterocycles. The molecule has 4 nitrogen and oxygen atoms in total. The molecule has 1 N–H and O–H groups in total. The highest BCUT2D eigenvalue weighted by atomic mass is 32.2. The van der Waals surface area contributed by atoms with E-state index in [1.165, 1.54) is 7.05 Å². The van der Waals surface area contributed by atoms with Crippen LogP contribution >= 0.6 is 0 Å². The molecular weight excluding hydrogens is 224 g/mol. The molecule has 1 heterocycles. The molecule has 0 aliphatic carbocycles. The summed E-state index contributed by atoms with van der Waals surface area (Å²) < 4.78 is 25.9. The van der Waals surface area contributed by atoms with Crippen LogP contribution in [0.25, 0.3) is 0 Å². The lowest BCUT2D eigenvalue weighted by Gasteiger charge is -2.17. The molecule has 1 atom stereocenters. The Bertz CT molecular complexity index is 472. The Morgan fingerprint density at radius 1 is 1.31 bits per heavy atom. The number of aromatic nitrogens is 1. The Morgan fingerprint density at radius 2 is 1.88 bits per heavy atom. The fraction of sp³-hybridized carbons (Fsp3) is 0.545. The SMILES string of the molecule is CNS(=O)(=O)C(C)c1c(C)cc(C)nc1C. The van der Waals surface area contributed by atoms with Gasteiger partial charge in [-0.25, -0.2) is 13.1 Å². The van der Waals surface area contributed by atoms with Gasteiger partial charge in [0.15, 0.2) is 0 Å². The van der Waals surface area contributed by atoms with E-state index in [-0.39, 0.29) is 0 Å². The number of pyridine rings is 1. The number of hydrogen-bond donors (Lipinski definition) is 1. The van der Waals surface area contributed by atoms with Crippen molar-refractivity contribution in [2.75, 3.05) is 7.05 Å². The molecule has 0 bridgehead atoms. The monoisotopic (exact) mass is 242 g/mol. The van der Waals surface area contributed by atoms with Gasteiger partial charge in [0, 0.05) is 11.4 Å². The van der Waals surface area contributed by atoms with E-state index in [1.54, 1.807) is 6.92 Å². The van der Waals surface area contributed by atoms with E-state index in [4.69, 9.17) is 0 Å². The highest BCUT2D eigenvalue weighted by Gasteiger charge is 2.24. The molecule has 0 aromatic carbocycles. The van der Waals surface area contributed by atoms with Crippen molar-refractivity contribution in [1.82, 2.24) is 9.71 Å². The number of sulfonamides is 1. The summed E-state index contributed by atoms with van der Waals surface area (Å²) in [4.78, 5) is 4.31. The molecule has 1 aromatic heterocycles. The molecule has 1 rings (SSSR count). The van der Waals surface area contributed by atoms with Crippen molar-refractivity contribution >= 4 is 10.0 Å². The molecule has 0 aliphatic heterocycles. The average molecular weight is 242 g/mol. The van der Waals surface area contributed by atoms with Gasteiger partial charge in [-0.15, -0.1) is 0 Å². The van der Waals surface area contributed by atoms with Crippen molar-refractivity contribution < 1.29 is 8.42 Å². The van der Waals surface area contributed by atoms with Crippen molar-refractivity contribution in [3.63, 3.8) is 0 Å². The zero-order chi connectivity index (χ0) is 12.5. The van der Waals surface area contributed by atoms with Gasteiger partial charge in [0.25, 0.3) is 0 Å². The van der Waals surface area contributed by atoms with Gasteiger partial charge >= 0.3 is 0 Å². The summed E-state index contributed by atoms with van der Waals surface area (Å²) in [6.07, 6.45) is 0. The minimum Gasteiger partial charge on any atom is -0.258 e. The van der Waals surface area contributed by atoms with Crippen molar-refractivity contribution in [1.29, 1.82) is 0 Å². The average Bonchev–Trinajstić information content (AvgIpc) is 2.15. The normalized spacial score (nSPS) is 13.8. The van der Waals surface area contributed by atoms with E-state index in [1.807, 2.05) is 26.8 Å². The fourth-order valence-electron chi connectivity index (χ4n) is 1.98. The van der Waals surface area contributed by atoms with Gasteiger partial charge in [0.05, 0.1) is 5.25 Å². The highest BCUT2D eigenvalue weighted by Crippen LogP contribution is 2.26. The van der Waals surface area contributed by atoms with Gasteiger partial charge < -0.3 is 0 Å². The first-order valence-corrected chi connectivity index (χ1v) is 6.71. The molecule has 5 heteroatoms. The molecule has 1 unspecified atom stereocenters. The summed E-state index contributed by atoms with van der Waals surface area (Å²) in [5.41, 5.74) is 3.45. The first-order valence-electron chi connectivity index (χ1n) is 5.16. The minimum atomic E-state index is -3.30. The molecule has 0 radical (unpaired) electrons. The van der Waals surface area contributed by atoms with Crippen molar-refractivity contribution in [3.8, 4) is 0 Å². The molecule has 90 valence electrons. The smallest absolute Gasteiger partial charge is 0.218 e. The number of rotatable bonds is 3. The lowest BCUT2D eigenvalue weighted by atomic mass is 10.0. The summed E-state index contributed by atoms with van der Waals surface area (Å²) in [7, 11) is -1.87. The Morgan fingerprint density at radius 3 is 2.31 bits per heavy atom. The Labute approximate surface area is 97.2 Å². The Balaban J connectivity index is 3.35. The van der Waals surface area contributed by atoms with E-state index in [9.17, 15) is 8.42 Å². The van der Waals surface area contributed by atoms with Crippen LogP contribution < -0.4 is 4.72 Å². The molecule has 0 saturated carbocycles. The van der Waals surface area contributed by atoms with E-state index >= 15 is 0 Å². The second-order valence-electron chi connectivity index (χ2n) is 3.97. The Kier molecular flexibility index (Phi) is 3.70. The van der Waals surface area contributed by atoms with Crippen LogP contribution in [-0.4, -0.2) is 20.4 Å². The number of hydrogen-bond acceptors (Lipinski definition) is 3. The van der Waals surface area contributed by atoms with Crippen molar-refractivity contribution in [3.05, 3.63) is 28.6 Å². The van der Waals surface area contributed by atoms with Crippen LogP contribution in [0.15, 0.2) is 6.07 Å². The summed E-state index contributed by atoms with van der Waals surface area (Å²) in [5.74, 6) is 0.